The SMILES string of the molecule is CC[C@@H]1CCCCN1C(=O)[C@H](C)NCC1CCN(CCO)CC1. The van der Waals surface area contributed by atoms with Crippen LogP contribution in [0.3, 0.4) is 0 Å². The van der Waals surface area contributed by atoms with Crippen LogP contribution in [0.25, 0.3) is 0 Å². The highest BCUT2D eigenvalue weighted by Gasteiger charge is 2.29. The second-order valence-electron chi connectivity index (χ2n) is 7.23. The van der Waals surface area contributed by atoms with Crippen LogP contribution in [0.15, 0.2) is 0 Å². The molecule has 2 fully saturated rings. The molecule has 0 bridgehead atoms. The zero-order chi connectivity index (χ0) is 16.7. The first-order chi connectivity index (χ1) is 11.2. The van der Waals surface area contributed by atoms with Crippen LogP contribution >= 0.6 is 0 Å². The Balaban J connectivity index is 1.72. The molecule has 2 rings (SSSR count). The Morgan fingerprint density at radius 1 is 1.22 bits per heavy atom. The van der Waals surface area contributed by atoms with Gasteiger partial charge in [0.05, 0.1) is 12.6 Å². The summed E-state index contributed by atoms with van der Waals surface area (Å²) in [5.74, 6) is 0.942. The van der Waals surface area contributed by atoms with Crippen molar-refractivity contribution in [2.24, 2.45) is 5.92 Å². The Morgan fingerprint density at radius 3 is 2.61 bits per heavy atom. The summed E-state index contributed by atoms with van der Waals surface area (Å²) >= 11 is 0. The number of carbonyl (C=O) groups excluding carboxylic acids is 1. The van der Waals surface area contributed by atoms with Gasteiger partial charge in [0.1, 0.15) is 0 Å². The van der Waals surface area contributed by atoms with Crippen LogP contribution in [0, 0.1) is 5.92 Å². The molecule has 2 aliphatic heterocycles. The number of nitrogens with zero attached hydrogens (tertiary/aromatic N) is 2. The minimum absolute atomic E-state index is 0.0716. The van der Waals surface area contributed by atoms with Crippen LogP contribution in [-0.4, -0.2) is 72.2 Å². The lowest BCUT2D eigenvalue weighted by Gasteiger charge is -2.37. The topological polar surface area (TPSA) is 55.8 Å². The molecule has 23 heavy (non-hydrogen) atoms. The van der Waals surface area contributed by atoms with Gasteiger partial charge in [0.15, 0.2) is 0 Å². The molecule has 5 nitrogen and oxygen atoms in total. The first kappa shape index (κ1) is 18.7. The fourth-order valence-electron chi connectivity index (χ4n) is 3.95. The molecule has 2 N–H and O–H groups in total. The molecular weight excluding hydrogens is 290 g/mol. The lowest BCUT2D eigenvalue weighted by atomic mass is 9.96. The summed E-state index contributed by atoms with van der Waals surface area (Å²) in [6.45, 7) is 9.26. The number of rotatable bonds is 7. The van der Waals surface area contributed by atoms with Gasteiger partial charge in [0.2, 0.25) is 5.91 Å². The number of aliphatic hydroxyl groups excluding tert-OH is 1. The maximum absolute atomic E-state index is 12.7. The fourth-order valence-corrected chi connectivity index (χ4v) is 3.95. The van der Waals surface area contributed by atoms with Crippen molar-refractivity contribution in [3.05, 3.63) is 0 Å². The normalized spacial score (nSPS) is 25.5. The van der Waals surface area contributed by atoms with Gasteiger partial charge in [-0.1, -0.05) is 6.92 Å². The van der Waals surface area contributed by atoms with Crippen LogP contribution in [0.1, 0.15) is 52.4 Å². The predicted octanol–water partition coefficient (Wildman–Crippen LogP) is 1.46. The molecule has 2 heterocycles. The Bertz CT molecular complexity index is 356. The summed E-state index contributed by atoms with van der Waals surface area (Å²) in [5.41, 5.74) is 0. The highest BCUT2D eigenvalue weighted by molar-refractivity contribution is 5.81. The van der Waals surface area contributed by atoms with E-state index in [2.05, 4.69) is 22.0 Å². The molecule has 2 aliphatic rings. The van der Waals surface area contributed by atoms with Gasteiger partial charge in [-0.25, -0.2) is 0 Å². The van der Waals surface area contributed by atoms with Crippen molar-refractivity contribution in [2.45, 2.75) is 64.5 Å². The number of nitrogens with one attached hydrogen (secondary N) is 1. The molecule has 2 atom stereocenters. The molecule has 0 aromatic carbocycles. The van der Waals surface area contributed by atoms with Crippen molar-refractivity contribution in [1.82, 2.24) is 15.1 Å². The number of aliphatic hydroxyl groups is 1. The molecule has 0 saturated carbocycles. The van der Waals surface area contributed by atoms with Crippen molar-refractivity contribution < 1.29 is 9.90 Å². The third-order valence-electron chi connectivity index (χ3n) is 5.59. The predicted molar refractivity (Wildman–Crippen MR) is 93.4 cm³/mol. The van der Waals surface area contributed by atoms with Gasteiger partial charge >= 0.3 is 0 Å². The third kappa shape index (κ3) is 5.44. The van der Waals surface area contributed by atoms with Gasteiger partial charge in [-0.2, -0.15) is 0 Å². The molecule has 1 amide bonds. The van der Waals surface area contributed by atoms with Crippen LogP contribution in [0.5, 0.6) is 0 Å². The zero-order valence-corrected chi connectivity index (χ0v) is 15.0. The van der Waals surface area contributed by atoms with E-state index in [9.17, 15) is 4.79 Å². The van der Waals surface area contributed by atoms with E-state index in [4.69, 9.17) is 5.11 Å². The smallest absolute Gasteiger partial charge is 0.239 e. The maximum Gasteiger partial charge on any atom is 0.239 e. The summed E-state index contributed by atoms with van der Waals surface area (Å²) < 4.78 is 0. The van der Waals surface area contributed by atoms with E-state index in [-0.39, 0.29) is 18.6 Å². The van der Waals surface area contributed by atoms with E-state index in [0.717, 1.165) is 64.8 Å². The lowest BCUT2D eigenvalue weighted by Crippen LogP contribution is -2.52. The van der Waals surface area contributed by atoms with Crippen molar-refractivity contribution in [1.29, 1.82) is 0 Å². The maximum atomic E-state index is 12.7. The number of carbonyl (C=O) groups is 1. The Morgan fingerprint density at radius 2 is 1.96 bits per heavy atom. The van der Waals surface area contributed by atoms with Gasteiger partial charge < -0.3 is 20.2 Å². The number of amides is 1. The Kier molecular flexibility index (Phi) is 7.80. The van der Waals surface area contributed by atoms with E-state index in [1.54, 1.807) is 0 Å². The van der Waals surface area contributed by atoms with E-state index in [1.807, 2.05) is 6.92 Å². The van der Waals surface area contributed by atoms with E-state index in [0.29, 0.717) is 12.0 Å². The number of likely N-dealkylation sites (tertiary alicyclic amines) is 2. The molecule has 2 saturated heterocycles. The van der Waals surface area contributed by atoms with E-state index >= 15 is 0 Å². The van der Waals surface area contributed by atoms with Crippen LogP contribution in [0.2, 0.25) is 0 Å². The molecule has 5 heteroatoms. The molecule has 0 aliphatic carbocycles. The summed E-state index contributed by atoms with van der Waals surface area (Å²) in [6.07, 6.45) is 6.97. The van der Waals surface area contributed by atoms with Crippen LogP contribution in [-0.2, 0) is 4.79 Å². The van der Waals surface area contributed by atoms with Crippen LogP contribution < -0.4 is 5.32 Å². The summed E-state index contributed by atoms with van der Waals surface area (Å²) in [6, 6.07) is 0.375. The molecule has 0 aromatic rings. The molecule has 0 radical (unpaired) electrons. The number of hydrogen-bond acceptors (Lipinski definition) is 4. The first-order valence-corrected chi connectivity index (χ1v) is 9.52. The zero-order valence-electron chi connectivity index (χ0n) is 15.0. The molecule has 0 aromatic heterocycles. The number of piperidine rings is 2. The van der Waals surface area contributed by atoms with Gasteiger partial charge in [-0.15, -0.1) is 0 Å². The van der Waals surface area contributed by atoms with Gasteiger partial charge in [-0.3, -0.25) is 4.79 Å². The standard InChI is InChI=1S/C18H35N3O2/c1-3-17-6-4-5-9-21(17)18(23)15(2)19-14-16-7-10-20(11-8-16)12-13-22/h15-17,19,22H,3-14H2,1-2H3/t15-,17+/m0/s1. The number of hydrogen-bond donors (Lipinski definition) is 2. The van der Waals surface area contributed by atoms with E-state index < -0.39 is 0 Å². The van der Waals surface area contributed by atoms with E-state index in [1.165, 1.54) is 6.42 Å². The minimum atomic E-state index is -0.0716. The highest BCUT2D eigenvalue weighted by atomic mass is 16.3. The molecule has 134 valence electrons. The van der Waals surface area contributed by atoms with Crippen LogP contribution in [0.4, 0.5) is 0 Å². The quantitative estimate of drug-likeness (QED) is 0.744. The average Bonchev–Trinajstić information content (AvgIpc) is 2.60. The third-order valence-corrected chi connectivity index (χ3v) is 5.59. The Labute approximate surface area is 141 Å². The lowest BCUT2D eigenvalue weighted by molar-refractivity contribution is -0.136. The second kappa shape index (κ2) is 9.60. The van der Waals surface area contributed by atoms with Gasteiger partial charge in [-0.05, 0) is 71.0 Å². The first-order valence-electron chi connectivity index (χ1n) is 9.52. The summed E-state index contributed by atoms with van der Waals surface area (Å²) in [5, 5.41) is 12.5. The molecule has 0 unspecified atom stereocenters. The van der Waals surface area contributed by atoms with Crippen molar-refractivity contribution in [2.75, 3.05) is 39.3 Å². The fraction of sp³-hybridized carbons (Fsp3) is 0.944. The van der Waals surface area contributed by atoms with Gasteiger partial charge in [0, 0.05) is 19.1 Å². The Hall–Kier alpha value is -0.650. The van der Waals surface area contributed by atoms with Gasteiger partial charge in [0.25, 0.3) is 0 Å². The van der Waals surface area contributed by atoms with Crippen molar-refractivity contribution in [3.8, 4) is 0 Å². The number of β-amino-alcohol motifs (C(OH)–C–C–N with tert-alkyl or cyclic N) is 1. The largest absolute Gasteiger partial charge is 0.395 e. The van der Waals surface area contributed by atoms with Crippen molar-refractivity contribution in [3.63, 3.8) is 0 Å². The molecule has 0 spiro atoms. The minimum Gasteiger partial charge on any atom is -0.395 e. The highest BCUT2D eigenvalue weighted by Crippen LogP contribution is 2.21. The second-order valence-corrected chi connectivity index (χ2v) is 7.23. The summed E-state index contributed by atoms with van der Waals surface area (Å²) in [7, 11) is 0. The van der Waals surface area contributed by atoms with Crippen molar-refractivity contribution >= 4 is 5.91 Å². The monoisotopic (exact) mass is 325 g/mol. The molecular formula is C18H35N3O2. The summed E-state index contributed by atoms with van der Waals surface area (Å²) in [4.78, 5) is 17.1. The average molecular weight is 325 g/mol.